The van der Waals surface area contributed by atoms with E-state index in [4.69, 9.17) is 9.47 Å². The van der Waals surface area contributed by atoms with Crippen molar-refractivity contribution < 1.29 is 23.9 Å². The number of rotatable bonds is 23. The number of carbonyl (C=O) groups is 3. The summed E-state index contributed by atoms with van der Waals surface area (Å²) in [6.07, 6.45) is 18.5. The number of cyclic esters (lactones) is 1. The zero-order valence-electron chi connectivity index (χ0n) is 23.0. The van der Waals surface area contributed by atoms with Crippen LogP contribution in [0.1, 0.15) is 137 Å². The van der Waals surface area contributed by atoms with Crippen LogP contribution in [0.4, 0.5) is 0 Å². The summed E-state index contributed by atoms with van der Waals surface area (Å²) in [5.41, 5.74) is 0. The highest BCUT2D eigenvalue weighted by atomic mass is 16.6. The van der Waals surface area contributed by atoms with Gasteiger partial charge in [0.2, 0.25) is 6.41 Å². The second-order valence-electron chi connectivity index (χ2n) is 10.8. The van der Waals surface area contributed by atoms with Gasteiger partial charge in [0.05, 0.1) is 5.92 Å². The maximum absolute atomic E-state index is 12.9. The minimum atomic E-state index is -0.632. The van der Waals surface area contributed by atoms with Crippen LogP contribution in [0.25, 0.3) is 0 Å². The van der Waals surface area contributed by atoms with E-state index in [9.17, 15) is 14.4 Å². The van der Waals surface area contributed by atoms with E-state index in [-0.39, 0.29) is 36.0 Å². The Labute approximate surface area is 214 Å². The topological polar surface area (TPSA) is 81.7 Å². The van der Waals surface area contributed by atoms with E-state index >= 15 is 0 Å². The predicted octanol–water partition coefficient (Wildman–Crippen LogP) is 6.88. The molecule has 0 aromatic heterocycles. The van der Waals surface area contributed by atoms with Crippen molar-refractivity contribution in [3.8, 4) is 0 Å². The lowest BCUT2D eigenvalue weighted by atomic mass is 9.86. The third-order valence-electron chi connectivity index (χ3n) is 7.06. The van der Waals surface area contributed by atoms with Crippen LogP contribution in [-0.2, 0) is 23.9 Å². The third kappa shape index (κ3) is 13.9. The molecule has 1 aliphatic heterocycles. The van der Waals surface area contributed by atoms with E-state index in [1.54, 1.807) is 0 Å². The van der Waals surface area contributed by atoms with Crippen molar-refractivity contribution in [3.05, 3.63) is 0 Å². The van der Waals surface area contributed by atoms with Crippen LogP contribution in [0.2, 0.25) is 0 Å². The number of esters is 2. The van der Waals surface area contributed by atoms with Crippen LogP contribution < -0.4 is 5.32 Å². The first-order chi connectivity index (χ1) is 16.9. The summed E-state index contributed by atoms with van der Waals surface area (Å²) < 4.78 is 11.4. The van der Waals surface area contributed by atoms with E-state index in [0.29, 0.717) is 19.3 Å². The summed E-state index contributed by atoms with van der Waals surface area (Å²) in [4.78, 5) is 36.0. The maximum Gasteiger partial charge on any atom is 0.328 e. The highest BCUT2D eigenvalue weighted by Crippen LogP contribution is 2.32. The molecular weight excluding hydrogens is 442 g/mol. The summed E-state index contributed by atoms with van der Waals surface area (Å²) in [6.45, 7) is 8.45. The normalized spacial score (nSPS) is 19.1. The molecule has 0 spiro atoms. The first kappa shape index (κ1) is 31.4. The van der Waals surface area contributed by atoms with Crippen molar-refractivity contribution in [2.45, 2.75) is 155 Å². The number of hydrogen-bond acceptors (Lipinski definition) is 5. The number of hydrogen-bond donors (Lipinski definition) is 1. The van der Waals surface area contributed by atoms with Crippen LogP contribution in [0.3, 0.4) is 0 Å². The molecule has 1 N–H and O–H groups in total. The first-order valence-electron chi connectivity index (χ1n) is 14.5. The fourth-order valence-corrected chi connectivity index (χ4v) is 4.90. The molecule has 0 aliphatic carbocycles. The van der Waals surface area contributed by atoms with Crippen LogP contribution in [0.5, 0.6) is 0 Å². The molecule has 0 aromatic rings. The van der Waals surface area contributed by atoms with Crippen molar-refractivity contribution in [2.24, 2.45) is 11.8 Å². The molecule has 1 fully saturated rings. The van der Waals surface area contributed by atoms with Crippen LogP contribution in [0.15, 0.2) is 0 Å². The van der Waals surface area contributed by atoms with Gasteiger partial charge in [-0.2, -0.15) is 0 Å². The summed E-state index contributed by atoms with van der Waals surface area (Å²) in [5, 5.41) is 2.62. The van der Waals surface area contributed by atoms with E-state index in [1.807, 2.05) is 13.8 Å². The molecule has 204 valence electrons. The van der Waals surface area contributed by atoms with Gasteiger partial charge in [-0.1, -0.05) is 105 Å². The highest BCUT2D eigenvalue weighted by molar-refractivity contribution is 5.79. The molecule has 0 bridgehead atoms. The first-order valence-corrected chi connectivity index (χ1v) is 14.5. The van der Waals surface area contributed by atoms with Crippen LogP contribution in [0, 0.1) is 11.8 Å². The van der Waals surface area contributed by atoms with Gasteiger partial charge in [0.25, 0.3) is 0 Å². The summed E-state index contributed by atoms with van der Waals surface area (Å²) >= 11 is 0. The molecule has 0 saturated carbocycles. The Morgan fingerprint density at radius 3 is 2.06 bits per heavy atom. The van der Waals surface area contributed by atoms with Gasteiger partial charge in [0.15, 0.2) is 0 Å². The quantitative estimate of drug-likeness (QED) is 0.0949. The second-order valence-corrected chi connectivity index (χ2v) is 10.8. The largest absolute Gasteiger partial charge is 0.461 e. The molecule has 0 radical (unpaired) electrons. The lowest BCUT2D eigenvalue weighted by Crippen LogP contribution is -2.48. The molecule has 6 heteroatoms. The minimum Gasteiger partial charge on any atom is -0.461 e. The molecular formula is C29H53NO5. The minimum absolute atomic E-state index is 0.0734. The molecule has 4 atom stereocenters. The van der Waals surface area contributed by atoms with Gasteiger partial charge in [0.1, 0.15) is 18.2 Å². The number of carbonyl (C=O) groups excluding carboxylic acids is 3. The van der Waals surface area contributed by atoms with Crippen molar-refractivity contribution >= 4 is 18.3 Å². The Morgan fingerprint density at radius 1 is 0.943 bits per heavy atom. The number of unbranched alkanes of at least 4 members (excludes halogenated alkanes) is 11. The zero-order valence-corrected chi connectivity index (χ0v) is 23.0. The molecule has 1 saturated heterocycles. The molecule has 1 heterocycles. The highest BCUT2D eigenvalue weighted by Gasteiger charge is 2.43. The standard InChI is InChI=1S/C29H53NO5/c1-5-7-9-11-12-13-14-15-16-18-24(34-29(33)26(30-22-31)20-23(3)4)21-27-25(28(32)35-27)19-17-10-8-6-2/h22-27H,5-21H2,1-4H3,(H,30,31)/t24-,25-,26-,27?/m0/s1. The lowest BCUT2D eigenvalue weighted by Gasteiger charge is -2.37. The van der Waals surface area contributed by atoms with Gasteiger partial charge < -0.3 is 14.8 Å². The van der Waals surface area contributed by atoms with Crippen LogP contribution in [-0.4, -0.2) is 36.6 Å². The Hall–Kier alpha value is -1.59. The van der Waals surface area contributed by atoms with Crippen LogP contribution >= 0.6 is 0 Å². The average Bonchev–Trinajstić information content (AvgIpc) is 2.81. The molecule has 0 aromatic carbocycles. The molecule has 1 unspecified atom stereocenters. The molecule has 1 rings (SSSR count). The van der Waals surface area contributed by atoms with Crippen molar-refractivity contribution in [1.29, 1.82) is 0 Å². The maximum atomic E-state index is 12.9. The van der Waals surface area contributed by atoms with Gasteiger partial charge in [-0.3, -0.25) is 9.59 Å². The Kier molecular flexibility index (Phi) is 17.6. The fraction of sp³-hybridized carbons (Fsp3) is 0.897. The number of amides is 1. The van der Waals surface area contributed by atoms with Gasteiger partial charge in [0, 0.05) is 6.42 Å². The zero-order chi connectivity index (χ0) is 25.9. The van der Waals surface area contributed by atoms with Crippen molar-refractivity contribution in [3.63, 3.8) is 0 Å². The Balaban J connectivity index is 2.58. The van der Waals surface area contributed by atoms with E-state index in [1.165, 1.54) is 57.8 Å². The predicted molar refractivity (Wildman–Crippen MR) is 141 cm³/mol. The molecule has 1 aliphatic rings. The third-order valence-corrected chi connectivity index (χ3v) is 7.06. The SMILES string of the molecule is CCCCCCCCCCC[C@@H](CC1OC(=O)[C@H]1CCCCCC)OC(=O)[C@H](CC(C)C)NC=O. The van der Waals surface area contributed by atoms with Gasteiger partial charge >= 0.3 is 11.9 Å². The monoisotopic (exact) mass is 495 g/mol. The van der Waals surface area contributed by atoms with Crippen molar-refractivity contribution in [1.82, 2.24) is 5.32 Å². The summed E-state index contributed by atoms with van der Waals surface area (Å²) in [7, 11) is 0. The summed E-state index contributed by atoms with van der Waals surface area (Å²) in [6, 6.07) is -0.632. The van der Waals surface area contributed by atoms with Gasteiger partial charge in [-0.25, -0.2) is 4.79 Å². The van der Waals surface area contributed by atoms with E-state index < -0.39 is 6.04 Å². The van der Waals surface area contributed by atoms with E-state index in [2.05, 4.69) is 19.2 Å². The lowest BCUT2D eigenvalue weighted by molar-refractivity contribution is -0.190. The number of nitrogens with one attached hydrogen (secondary N) is 1. The van der Waals surface area contributed by atoms with Crippen molar-refractivity contribution in [2.75, 3.05) is 0 Å². The molecule has 35 heavy (non-hydrogen) atoms. The molecule has 1 amide bonds. The Bertz CT molecular complexity index is 579. The van der Waals surface area contributed by atoms with Gasteiger partial charge in [-0.05, 0) is 31.6 Å². The second kappa shape index (κ2) is 19.6. The fourth-order valence-electron chi connectivity index (χ4n) is 4.90. The van der Waals surface area contributed by atoms with Gasteiger partial charge in [-0.15, -0.1) is 0 Å². The van der Waals surface area contributed by atoms with E-state index in [0.717, 1.165) is 38.5 Å². The average molecular weight is 496 g/mol. The Morgan fingerprint density at radius 2 is 1.51 bits per heavy atom. The molecule has 6 nitrogen and oxygen atoms in total. The smallest absolute Gasteiger partial charge is 0.328 e. The summed E-state index contributed by atoms with van der Waals surface area (Å²) in [5.74, 6) is -0.302. The number of ether oxygens (including phenoxy) is 2.